The van der Waals surface area contributed by atoms with E-state index < -0.39 is 0 Å². The molecule has 1 atom stereocenters. The molecule has 2 rings (SSSR count). The molecule has 0 aliphatic heterocycles. The Morgan fingerprint density at radius 3 is 2.27 bits per heavy atom. The standard InChI is InChI=1S/C12H13NS.ClH/c1-9(13)10-4-6-11(7-5-10)12-3-2-8-14-12;/h2-9H,13H2,1H3;1H. The minimum Gasteiger partial charge on any atom is -0.324 e. The first-order valence-corrected chi connectivity index (χ1v) is 5.55. The molecule has 15 heavy (non-hydrogen) atoms. The maximum absolute atomic E-state index is 5.79. The van der Waals surface area contributed by atoms with Gasteiger partial charge in [0.2, 0.25) is 0 Å². The van der Waals surface area contributed by atoms with Crippen LogP contribution < -0.4 is 5.73 Å². The summed E-state index contributed by atoms with van der Waals surface area (Å²) in [7, 11) is 0. The zero-order chi connectivity index (χ0) is 9.97. The third kappa shape index (κ3) is 2.81. The third-order valence-electron chi connectivity index (χ3n) is 2.24. The molecule has 0 saturated heterocycles. The maximum Gasteiger partial charge on any atom is 0.0342 e. The maximum atomic E-state index is 5.79. The van der Waals surface area contributed by atoms with Crippen molar-refractivity contribution in [2.45, 2.75) is 13.0 Å². The van der Waals surface area contributed by atoms with Crippen molar-refractivity contribution in [3.05, 3.63) is 47.3 Å². The average Bonchev–Trinajstić information content (AvgIpc) is 2.71. The second-order valence-corrected chi connectivity index (χ2v) is 4.34. The molecule has 1 unspecified atom stereocenters. The van der Waals surface area contributed by atoms with Crippen LogP contribution in [0.15, 0.2) is 41.8 Å². The Kier molecular flexibility index (Phi) is 4.33. The van der Waals surface area contributed by atoms with Crippen LogP contribution in [0.1, 0.15) is 18.5 Å². The predicted molar refractivity (Wildman–Crippen MR) is 69.6 cm³/mol. The molecule has 1 aromatic carbocycles. The van der Waals surface area contributed by atoms with Crippen LogP contribution in [-0.4, -0.2) is 0 Å². The molecule has 0 aliphatic rings. The van der Waals surface area contributed by atoms with Crippen molar-refractivity contribution in [1.29, 1.82) is 0 Å². The summed E-state index contributed by atoms with van der Waals surface area (Å²) in [6, 6.07) is 12.8. The highest BCUT2D eigenvalue weighted by Gasteiger charge is 2.00. The van der Waals surface area contributed by atoms with E-state index >= 15 is 0 Å². The zero-order valence-electron chi connectivity index (χ0n) is 8.51. The Morgan fingerprint density at radius 2 is 1.80 bits per heavy atom. The van der Waals surface area contributed by atoms with Gasteiger partial charge in [0.05, 0.1) is 0 Å². The van der Waals surface area contributed by atoms with Crippen LogP contribution in [0.25, 0.3) is 10.4 Å². The van der Waals surface area contributed by atoms with E-state index in [9.17, 15) is 0 Å². The highest BCUT2D eigenvalue weighted by Crippen LogP contribution is 2.25. The van der Waals surface area contributed by atoms with Crippen molar-refractivity contribution in [1.82, 2.24) is 0 Å². The van der Waals surface area contributed by atoms with Gasteiger partial charge >= 0.3 is 0 Å². The second-order valence-electron chi connectivity index (χ2n) is 3.39. The van der Waals surface area contributed by atoms with Gasteiger partial charge in [0.15, 0.2) is 0 Å². The van der Waals surface area contributed by atoms with Crippen LogP contribution in [-0.2, 0) is 0 Å². The molecular weight excluding hydrogens is 226 g/mol. The fraction of sp³-hybridized carbons (Fsp3) is 0.167. The van der Waals surface area contributed by atoms with Crippen LogP contribution in [0, 0.1) is 0 Å². The van der Waals surface area contributed by atoms with Gasteiger partial charge in [-0.05, 0) is 29.5 Å². The van der Waals surface area contributed by atoms with Crippen LogP contribution >= 0.6 is 23.7 Å². The van der Waals surface area contributed by atoms with Gasteiger partial charge in [-0.2, -0.15) is 0 Å². The van der Waals surface area contributed by atoms with Crippen molar-refractivity contribution < 1.29 is 0 Å². The quantitative estimate of drug-likeness (QED) is 0.846. The molecule has 0 saturated carbocycles. The summed E-state index contributed by atoms with van der Waals surface area (Å²) in [4.78, 5) is 1.31. The van der Waals surface area contributed by atoms with Crippen molar-refractivity contribution in [3.8, 4) is 10.4 Å². The summed E-state index contributed by atoms with van der Waals surface area (Å²) in [6.07, 6.45) is 0. The van der Waals surface area contributed by atoms with E-state index in [1.54, 1.807) is 11.3 Å². The van der Waals surface area contributed by atoms with E-state index in [2.05, 4.69) is 41.8 Å². The van der Waals surface area contributed by atoms with Gasteiger partial charge in [-0.3, -0.25) is 0 Å². The highest BCUT2D eigenvalue weighted by molar-refractivity contribution is 7.13. The monoisotopic (exact) mass is 239 g/mol. The van der Waals surface area contributed by atoms with Gasteiger partial charge in [-0.15, -0.1) is 23.7 Å². The Hall–Kier alpha value is -0.830. The van der Waals surface area contributed by atoms with E-state index in [4.69, 9.17) is 5.73 Å². The van der Waals surface area contributed by atoms with Crippen LogP contribution in [0.2, 0.25) is 0 Å². The lowest BCUT2D eigenvalue weighted by Gasteiger charge is -2.05. The number of thiophene rings is 1. The van der Waals surface area contributed by atoms with E-state index in [-0.39, 0.29) is 18.4 Å². The number of benzene rings is 1. The van der Waals surface area contributed by atoms with Crippen LogP contribution in [0.4, 0.5) is 0 Å². The summed E-state index contributed by atoms with van der Waals surface area (Å²) < 4.78 is 0. The number of nitrogens with two attached hydrogens (primary N) is 1. The molecule has 0 spiro atoms. The van der Waals surface area contributed by atoms with Crippen molar-refractivity contribution in [3.63, 3.8) is 0 Å². The molecule has 2 aromatic rings. The molecule has 3 heteroatoms. The first-order valence-electron chi connectivity index (χ1n) is 4.67. The van der Waals surface area contributed by atoms with E-state index in [1.807, 2.05) is 6.92 Å². The Labute approximate surface area is 100 Å². The predicted octanol–water partition coefficient (Wildman–Crippen LogP) is 3.86. The van der Waals surface area contributed by atoms with Crippen molar-refractivity contribution >= 4 is 23.7 Å². The van der Waals surface area contributed by atoms with Gasteiger partial charge < -0.3 is 5.73 Å². The van der Waals surface area contributed by atoms with Crippen LogP contribution in [0.3, 0.4) is 0 Å². The van der Waals surface area contributed by atoms with E-state index in [0.717, 1.165) is 0 Å². The molecule has 0 bridgehead atoms. The molecule has 80 valence electrons. The highest BCUT2D eigenvalue weighted by atomic mass is 35.5. The lowest BCUT2D eigenvalue weighted by Crippen LogP contribution is -2.04. The van der Waals surface area contributed by atoms with E-state index in [0.29, 0.717) is 0 Å². The minimum atomic E-state index is 0. The average molecular weight is 240 g/mol. The number of rotatable bonds is 2. The summed E-state index contributed by atoms with van der Waals surface area (Å²) in [6.45, 7) is 2.00. The molecule has 1 nitrogen and oxygen atoms in total. The molecule has 1 aromatic heterocycles. The summed E-state index contributed by atoms with van der Waals surface area (Å²) in [5, 5.41) is 2.09. The molecular formula is C12H14ClNS. The fourth-order valence-corrected chi connectivity index (χ4v) is 2.13. The molecule has 0 amide bonds. The van der Waals surface area contributed by atoms with Gasteiger partial charge in [0.25, 0.3) is 0 Å². The largest absolute Gasteiger partial charge is 0.324 e. The molecule has 0 aliphatic carbocycles. The molecule has 2 N–H and O–H groups in total. The normalized spacial score (nSPS) is 11.9. The Bertz CT molecular complexity index is 392. The third-order valence-corrected chi connectivity index (χ3v) is 3.16. The number of hydrogen-bond donors (Lipinski definition) is 1. The van der Waals surface area contributed by atoms with Crippen molar-refractivity contribution in [2.75, 3.05) is 0 Å². The van der Waals surface area contributed by atoms with Crippen molar-refractivity contribution in [2.24, 2.45) is 5.73 Å². The summed E-state index contributed by atoms with van der Waals surface area (Å²) in [5.74, 6) is 0. The molecule has 0 fully saturated rings. The topological polar surface area (TPSA) is 26.0 Å². The number of hydrogen-bond acceptors (Lipinski definition) is 2. The first kappa shape index (κ1) is 12.2. The van der Waals surface area contributed by atoms with Gasteiger partial charge in [0, 0.05) is 10.9 Å². The molecule has 0 radical (unpaired) electrons. The molecule has 1 heterocycles. The van der Waals surface area contributed by atoms with Gasteiger partial charge in [0.1, 0.15) is 0 Å². The smallest absolute Gasteiger partial charge is 0.0342 e. The lowest BCUT2D eigenvalue weighted by atomic mass is 10.1. The number of halogens is 1. The SMILES string of the molecule is CC(N)c1ccc(-c2cccs2)cc1.Cl. The van der Waals surface area contributed by atoms with Crippen LogP contribution in [0.5, 0.6) is 0 Å². The lowest BCUT2D eigenvalue weighted by molar-refractivity contribution is 0.818. The second kappa shape index (κ2) is 5.31. The zero-order valence-corrected chi connectivity index (χ0v) is 10.1. The minimum absolute atomic E-state index is 0. The fourth-order valence-electron chi connectivity index (χ4n) is 1.39. The summed E-state index contributed by atoms with van der Waals surface area (Å²) in [5.41, 5.74) is 8.24. The van der Waals surface area contributed by atoms with Gasteiger partial charge in [-0.1, -0.05) is 30.3 Å². The Balaban J connectivity index is 0.00000112. The van der Waals surface area contributed by atoms with Gasteiger partial charge in [-0.25, -0.2) is 0 Å². The summed E-state index contributed by atoms with van der Waals surface area (Å²) >= 11 is 1.76. The first-order chi connectivity index (χ1) is 6.77. The van der Waals surface area contributed by atoms with E-state index in [1.165, 1.54) is 16.0 Å². The Morgan fingerprint density at radius 1 is 1.13 bits per heavy atom.